The third-order valence-electron chi connectivity index (χ3n) is 3.69. The maximum Gasteiger partial charge on any atom is 0.394 e. The lowest BCUT2D eigenvalue weighted by Crippen LogP contribution is -2.37. The van der Waals surface area contributed by atoms with Crippen LogP contribution in [0.25, 0.3) is 0 Å². The van der Waals surface area contributed by atoms with Gasteiger partial charge in [-0.2, -0.15) is 4.31 Å². The molecule has 0 aliphatic carbocycles. The highest BCUT2D eigenvalue weighted by atomic mass is 32.2. The minimum Gasteiger partial charge on any atom is -0.474 e. The van der Waals surface area contributed by atoms with Crippen molar-refractivity contribution in [1.82, 2.24) is 4.31 Å². The summed E-state index contributed by atoms with van der Waals surface area (Å²) in [4.78, 5) is 21.6. The number of carboxylic acid groups (broad SMARTS) is 1. The fourth-order valence-corrected chi connectivity index (χ4v) is 3.74. The standard InChI is InChI=1S/C14H18N2O5S/c1-10-6-8-16(9-7-10)22(20,21)12-4-2-11(3-5-12)15-13(17)14(18)19/h2-5,10H,6-9H2,1H3,(H,15,17)(H,18,19). The first-order valence-corrected chi connectivity index (χ1v) is 8.39. The zero-order chi connectivity index (χ0) is 16.3. The number of carbonyl (C=O) groups is 2. The van der Waals surface area contributed by atoms with Crippen molar-refractivity contribution in [1.29, 1.82) is 0 Å². The number of hydrogen-bond donors (Lipinski definition) is 2. The molecule has 1 aliphatic heterocycles. The second-order valence-corrected chi connectivity index (χ2v) is 7.31. The van der Waals surface area contributed by atoms with Crippen molar-refractivity contribution >= 4 is 27.6 Å². The van der Waals surface area contributed by atoms with Gasteiger partial charge in [-0.05, 0) is 43.0 Å². The third kappa shape index (κ3) is 3.63. The molecule has 0 saturated carbocycles. The number of rotatable bonds is 3. The Labute approximate surface area is 129 Å². The van der Waals surface area contributed by atoms with Gasteiger partial charge in [-0.15, -0.1) is 0 Å². The van der Waals surface area contributed by atoms with Gasteiger partial charge in [-0.1, -0.05) is 6.92 Å². The van der Waals surface area contributed by atoms with E-state index in [2.05, 4.69) is 12.2 Å². The summed E-state index contributed by atoms with van der Waals surface area (Å²) in [6, 6.07) is 5.48. The van der Waals surface area contributed by atoms with Crippen LogP contribution in [0.15, 0.2) is 29.2 Å². The van der Waals surface area contributed by atoms with Crippen LogP contribution in [0.5, 0.6) is 0 Å². The van der Waals surface area contributed by atoms with Gasteiger partial charge in [-0.3, -0.25) is 4.79 Å². The fourth-order valence-electron chi connectivity index (χ4n) is 2.27. The van der Waals surface area contributed by atoms with Crippen LogP contribution < -0.4 is 5.32 Å². The number of benzene rings is 1. The van der Waals surface area contributed by atoms with Crippen LogP contribution in [0, 0.1) is 5.92 Å². The normalized spacial score (nSPS) is 17.1. The average Bonchev–Trinajstić information content (AvgIpc) is 2.48. The second kappa shape index (κ2) is 6.45. The van der Waals surface area contributed by atoms with Crippen LogP contribution in [0.2, 0.25) is 0 Å². The predicted octanol–water partition coefficient (Wildman–Crippen LogP) is 1.13. The van der Waals surface area contributed by atoms with Crippen LogP contribution in [-0.2, 0) is 19.6 Å². The van der Waals surface area contributed by atoms with Crippen LogP contribution in [0.1, 0.15) is 19.8 Å². The van der Waals surface area contributed by atoms with Gasteiger partial charge < -0.3 is 10.4 Å². The van der Waals surface area contributed by atoms with Gasteiger partial charge in [0.2, 0.25) is 10.0 Å². The highest BCUT2D eigenvalue weighted by Crippen LogP contribution is 2.24. The molecule has 0 aromatic heterocycles. The van der Waals surface area contributed by atoms with E-state index in [0.29, 0.717) is 19.0 Å². The lowest BCUT2D eigenvalue weighted by molar-refractivity contribution is -0.147. The van der Waals surface area contributed by atoms with Crippen molar-refractivity contribution in [2.75, 3.05) is 18.4 Å². The largest absolute Gasteiger partial charge is 0.474 e. The van der Waals surface area contributed by atoms with E-state index >= 15 is 0 Å². The van der Waals surface area contributed by atoms with E-state index < -0.39 is 21.9 Å². The van der Waals surface area contributed by atoms with Gasteiger partial charge in [-0.25, -0.2) is 13.2 Å². The lowest BCUT2D eigenvalue weighted by Gasteiger charge is -2.29. The number of aliphatic carboxylic acids is 1. The van der Waals surface area contributed by atoms with Gasteiger partial charge in [0.1, 0.15) is 0 Å². The molecule has 1 aromatic rings. The fraction of sp³-hybridized carbons (Fsp3) is 0.429. The monoisotopic (exact) mass is 326 g/mol. The zero-order valence-corrected chi connectivity index (χ0v) is 13.0. The van der Waals surface area contributed by atoms with Gasteiger partial charge in [0.05, 0.1) is 4.90 Å². The molecule has 0 spiro atoms. The molecule has 1 saturated heterocycles. The van der Waals surface area contributed by atoms with Crippen molar-refractivity contribution in [2.45, 2.75) is 24.7 Å². The van der Waals surface area contributed by atoms with Crippen molar-refractivity contribution < 1.29 is 23.1 Å². The van der Waals surface area contributed by atoms with E-state index in [0.717, 1.165) is 12.8 Å². The minimum atomic E-state index is -3.54. The molecule has 22 heavy (non-hydrogen) atoms. The molecule has 2 N–H and O–H groups in total. The Morgan fingerprint density at radius 3 is 2.23 bits per heavy atom. The molecule has 1 amide bonds. The van der Waals surface area contributed by atoms with Gasteiger partial charge >= 0.3 is 11.9 Å². The number of amides is 1. The number of sulfonamides is 1. The summed E-state index contributed by atoms with van der Waals surface area (Å²) < 4.78 is 26.4. The first kappa shape index (κ1) is 16.4. The molecule has 2 rings (SSSR count). The molecule has 0 atom stereocenters. The summed E-state index contributed by atoms with van der Waals surface area (Å²) in [6.07, 6.45) is 1.68. The summed E-state index contributed by atoms with van der Waals surface area (Å²) in [5, 5.41) is 10.7. The third-order valence-corrected chi connectivity index (χ3v) is 5.60. The van der Waals surface area contributed by atoms with E-state index in [1.54, 1.807) is 0 Å². The molecule has 0 unspecified atom stereocenters. The van der Waals surface area contributed by atoms with E-state index in [1.807, 2.05) is 0 Å². The van der Waals surface area contributed by atoms with Gasteiger partial charge in [0.15, 0.2) is 0 Å². The molecule has 1 aromatic carbocycles. The van der Waals surface area contributed by atoms with Crippen LogP contribution in [0.3, 0.4) is 0 Å². The predicted molar refractivity (Wildman–Crippen MR) is 79.9 cm³/mol. The molecule has 1 aliphatic rings. The summed E-state index contributed by atoms with van der Waals surface area (Å²) in [6.45, 7) is 3.10. The number of anilines is 1. The quantitative estimate of drug-likeness (QED) is 0.810. The first-order chi connectivity index (χ1) is 10.3. The average molecular weight is 326 g/mol. The van der Waals surface area contributed by atoms with Crippen molar-refractivity contribution in [2.24, 2.45) is 5.92 Å². The summed E-state index contributed by atoms with van der Waals surface area (Å²) in [7, 11) is -3.54. The molecular formula is C14H18N2O5S. The minimum absolute atomic E-state index is 0.135. The molecule has 8 heteroatoms. The van der Waals surface area contributed by atoms with Gasteiger partial charge in [0.25, 0.3) is 0 Å². The van der Waals surface area contributed by atoms with Crippen LogP contribution in [0.4, 0.5) is 5.69 Å². The second-order valence-electron chi connectivity index (χ2n) is 5.37. The van der Waals surface area contributed by atoms with E-state index in [-0.39, 0.29) is 10.6 Å². The molecular weight excluding hydrogens is 308 g/mol. The summed E-state index contributed by atoms with van der Waals surface area (Å²) >= 11 is 0. The maximum absolute atomic E-state index is 12.5. The Morgan fingerprint density at radius 1 is 1.18 bits per heavy atom. The Bertz CT molecular complexity index is 661. The zero-order valence-electron chi connectivity index (χ0n) is 12.2. The Balaban J connectivity index is 2.12. The Kier molecular flexibility index (Phi) is 4.82. The highest BCUT2D eigenvalue weighted by Gasteiger charge is 2.27. The van der Waals surface area contributed by atoms with Crippen molar-refractivity contribution in [3.05, 3.63) is 24.3 Å². The molecule has 120 valence electrons. The van der Waals surface area contributed by atoms with E-state index in [1.165, 1.54) is 28.6 Å². The highest BCUT2D eigenvalue weighted by molar-refractivity contribution is 7.89. The number of carboxylic acids is 1. The molecule has 1 fully saturated rings. The Morgan fingerprint density at radius 2 is 1.73 bits per heavy atom. The lowest BCUT2D eigenvalue weighted by atomic mass is 10.0. The molecule has 0 bridgehead atoms. The number of nitrogens with zero attached hydrogens (tertiary/aromatic N) is 1. The first-order valence-electron chi connectivity index (χ1n) is 6.95. The van der Waals surface area contributed by atoms with E-state index in [9.17, 15) is 18.0 Å². The van der Waals surface area contributed by atoms with Crippen molar-refractivity contribution in [3.8, 4) is 0 Å². The maximum atomic E-state index is 12.5. The van der Waals surface area contributed by atoms with Crippen LogP contribution >= 0.6 is 0 Å². The van der Waals surface area contributed by atoms with Crippen LogP contribution in [-0.4, -0.2) is 42.8 Å². The van der Waals surface area contributed by atoms with Gasteiger partial charge in [0, 0.05) is 18.8 Å². The Hall–Kier alpha value is -1.93. The van der Waals surface area contributed by atoms with E-state index in [4.69, 9.17) is 5.11 Å². The topological polar surface area (TPSA) is 104 Å². The summed E-state index contributed by atoms with van der Waals surface area (Å²) in [5.41, 5.74) is 0.235. The number of carbonyl (C=O) groups excluding carboxylic acids is 1. The number of hydrogen-bond acceptors (Lipinski definition) is 4. The molecule has 0 radical (unpaired) electrons. The number of piperidine rings is 1. The summed E-state index contributed by atoms with van der Waals surface area (Å²) in [5.74, 6) is -2.24. The molecule has 7 nitrogen and oxygen atoms in total. The number of nitrogens with one attached hydrogen (secondary N) is 1. The van der Waals surface area contributed by atoms with Crippen molar-refractivity contribution in [3.63, 3.8) is 0 Å². The molecule has 1 heterocycles. The SMILES string of the molecule is CC1CCN(S(=O)(=O)c2ccc(NC(=O)C(=O)O)cc2)CC1. The smallest absolute Gasteiger partial charge is 0.394 e.